The lowest BCUT2D eigenvalue weighted by atomic mass is 10.4. The summed E-state index contributed by atoms with van der Waals surface area (Å²) in [5, 5.41) is 23.1. The average molecular weight is 376 g/mol. The van der Waals surface area contributed by atoms with Crippen LogP contribution in [0.5, 0.6) is 0 Å². The van der Waals surface area contributed by atoms with Gasteiger partial charge in [0.05, 0.1) is 5.69 Å². The zero-order chi connectivity index (χ0) is 16.9. The quantitative estimate of drug-likeness (QED) is 0.240. The van der Waals surface area contributed by atoms with Crippen molar-refractivity contribution in [1.82, 2.24) is 36.9 Å². The smallest absolute Gasteiger partial charge is 0.166 e. The summed E-state index contributed by atoms with van der Waals surface area (Å²) in [6.45, 7) is 4.80. The molecule has 1 aromatic rings. The molecule has 0 fully saturated rings. The first-order chi connectivity index (χ1) is 11.2. The molecule has 0 amide bonds. The van der Waals surface area contributed by atoms with E-state index in [2.05, 4.69) is 42.3 Å². The van der Waals surface area contributed by atoms with Crippen molar-refractivity contribution in [2.45, 2.75) is 13.1 Å². The van der Waals surface area contributed by atoms with E-state index in [1.165, 1.54) is 0 Å². The normalized spacial score (nSPS) is 10.2. The minimum Gasteiger partial charge on any atom is -0.366 e. The van der Waals surface area contributed by atoms with Crippen LogP contribution in [0.15, 0.2) is 5.38 Å². The molecule has 0 unspecified atom stereocenters. The molecule has 0 aromatic carbocycles. The predicted molar refractivity (Wildman–Crippen MR) is 105 cm³/mol. The molecule has 23 heavy (non-hydrogen) atoms. The monoisotopic (exact) mass is 375 g/mol. The van der Waals surface area contributed by atoms with E-state index in [1.54, 1.807) is 25.4 Å². The molecular weight excluding hydrogens is 350 g/mol. The number of thiocarbonyl (C=S) groups is 2. The molecule has 1 aromatic heterocycles. The minimum atomic E-state index is 0.666. The van der Waals surface area contributed by atoms with E-state index in [0.717, 1.165) is 50.0 Å². The summed E-state index contributed by atoms with van der Waals surface area (Å²) < 4.78 is 0. The fourth-order valence-electron chi connectivity index (χ4n) is 1.63. The molecular formula is C13H25N7S3. The Bertz CT molecular complexity index is 437. The van der Waals surface area contributed by atoms with Crippen LogP contribution in [0.25, 0.3) is 0 Å². The van der Waals surface area contributed by atoms with Gasteiger partial charge in [0, 0.05) is 58.7 Å². The molecule has 7 nitrogen and oxygen atoms in total. The summed E-state index contributed by atoms with van der Waals surface area (Å²) >= 11 is 11.7. The van der Waals surface area contributed by atoms with Crippen molar-refractivity contribution in [2.24, 2.45) is 0 Å². The maximum atomic E-state index is 5.00. The molecule has 1 rings (SSSR count). The van der Waals surface area contributed by atoms with Gasteiger partial charge in [-0.25, -0.2) is 4.98 Å². The zero-order valence-corrected chi connectivity index (χ0v) is 15.9. The van der Waals surface area contributed by atoms with Gasteiger partial charge in [0.2, 0.25) is 0 Å². The summed E-state index contributed by atoms with van der Waals surface area (Å²) in [5.74, 6) is 0. The van der Waals surface area contributed by atoms with E-state index in [4.69, 9.17) is 24.4 Å². The van der Waals surface area contributed by atoms with Crippen LogP contribution < -0.4 is 31.9 Å². The molecule has 0 radical (unpaired) electrons. The van der Waals surface area contributed by atoms with Crippen molar-refractivity contribution < 1.29 is 0 Å². The molecule has 10 heteroatoms. The van der Waals surface area contributed by atoms with Gasteiger partial charge in [-0.15, -0.1) is 11.3 Å². The highest BCUT2D eigenvalue weighted by molar-refractivity contribution is 7.80. The summed E-state index contributed by atoms with van der Waals surface area (Å²) in [7, 11) is 3.61. The third-order valence-electron chi connectivity index (χ3n) is 2.81. The average Bonchev–Trinajstić information content (AvgIpc) is 3.01. The Hall–Kier alpha value is -1.07. The molecule has 0 saturated heterocycles. The van der Waals surface area contributed by atoms with E-state index in [9.17, 15) is 0 Å². The Kier molecular flexibility index (Phi) is 10.7. The van der Waals surface area contributed by atoms with E-state index in [-0.39, 0.29) is 0 Å². The highest BCUT2D eigenvalue weighted by Gasteiger charge is 2.01. The molecule has 6 N–H and O–H groups in total. The van der Waals surface area contributed by atoms with Crippen LogP contribution in [0.4, 0.5) is 0 Å². The largest absolute Gasteiger partial charge is 0.366 e. The van der Waals surface area contributed by atoms with Gasteiger partial charge in [-0.05, 0) is 24.4 Å². The van der Waals surface area contributed by atoms with Crippen LogP contribution in [-0.2, 0) is 13.1 Å². The minimum absolute atomic E-state index is 0.666. The van der Waals surface area contributed by atoms with Crippen LogP contribution in [0.1, 0.15) is 10.7 Å². The lowest BCUT2D eigenvalue weighted by Gasteiger charge is -2.07. The summed E-state index contributed by atoms with van der Waals surface area (Å²) in [4.78, 5) is 4.58. The van der Waals surface area contributed by atoms with Crippen molar-refractivity contribution in [3.63, 3.8) is 0 Å². The predicted octanol–water partition coefficient (Wildman–Crippen LogP) is -0.490. The van der Waals surface area contributed by atoms with Gasteiger partial charge in [0.1, 0.15) is 5.01 Å². The van der Waals surface area contributed by atoms with Crippen LogP contribution in [0.3, 0.4) is 0 Å². The van der Waals surface area contributed by atoms with Crippen molar-refractivity contribution in [2.75, 3.05) is 40.3 Å². The zero-order valence-electron chi connectivity index (χ0n) is 13.5. The van der Waals surface area contributed by atoms with Gasteiger partial charge < -0.3 is 31.9 Å². The topological polar surface area (TPSA) is 85.1 Å². The number of nitrogens with one attached hydrogen (secondary N) is 6. The number of rotatable bonds is 10. The molecule has 130 valence electrons. The van der Waals surface area contributed by atoms with Crippen LogP contribution in [-0.4, -0.2) is 55.5 Å². The fraction of sp³-hybridized carbons (Fsp3) is 0.615. The van der Waals surface area contributed by atoms with E-state index in [0.29, 0.717) is 10.2 Å². The summed E-state index contributed by atoms with van der Waals surface area (Å²) in [6.07, 6.45) is 0. The highest BCUT2D eigenvalue weighted by atomic mass is 32.1. The summed E-state index contributed by atoms with van der Waals surface area (Å²) in [6, 6.07) is 0. The van der Waals surface area contributed by atoms with Crippen LogP contribution >= 0.6 is 35.8 Å². The standard InChI is InChI=1S/C13H25N7S3/c1-14-12(21)18-5-3-16-7-10-9-23-11(20-10)8-17-4-6-19-13(22)15-2/h9,16-17H,3-8H2,1-2H3,(H2,14,18,21)(H2,15,19,22). The number of thiazole rings is 1. The van der Waals surface area contributed by atoms with E-state index < -0.39 is 0 Å². The maximum absolute atomic E-state index is 5.00. The molecule has 0 bridgehead atoms. The van der Waals surface area contributed by atoms with Gasteiger partial charge in [-0.2, -0.15) is 0 Å². The molecule has 0 aliphatic carbocycles. The van der Waals surface area contributed by atoms with Gasteiger partial charge in [0.25, 0.3) is 0 Å². The first-order valence-corrected chi connectivity index (χ1v) is 9.11. The van der Waals surface area contributed by atoms with E-state index in [1.807, 2.05) is 0 Å². The lowest BCUT2D eigenvalue weighted by Crippen LogP contribution is -2.37. The molecule has 0 saturated carbocycles. The highest BCUT2D eigenvalue weighted by Crippen LogP contribution is 2.08. The Morgan fingerprint density at radius 3 is 2.09 bits per heavy atom. The van der Waals surface area contributed by atoms with Gasteiger partial charge in [0.15, 0.2) is 10.2 Å². The van der Waals surface area contributed by atoms with Crippen molar-refractivity contribution in [3.8, 4) is 0 Å². The SMILES string of the molecule is CNC(=S)NCCNCc1csc(CNCCNC(=S)NC)n1. The molecule has 0 aliphatic rings. The van der Waals surface area contributed by atoms with Gasteiger partial charge in [-0.3, -0.25) is 0 Å². The fourth-order valence-corrected chi connectivity index (χ4v) is 2.60. The van der Waals surface area contributed by atoms with Crippen molar-refractivity contribution in [3.05, 3.63) is 16.1 Å². The maximum Gasteiger partial charge on any atom is 0.166 e. The lowest BCUT2D eigenvalue weighted by molar-refractivity contribution is 0.650. The second kappa shape index (κ2) is 12.4. The third-order valence-corrected chi connectivity index (χ3v) is 4.40. The van der Waals surface area contributed by atoms with E-state index >= 15 is 0 Å². The molecule has 0 aliphatic heterocycles. The number of nitrogens with zero attached hydrogens (tertiary/aromatic N) is 1. The van der Waals surface area contributed by atoms with Crippen LogP contribution in [0, 0.1) is 0 Å². The second-order valence-electron chi connectivity index (χ2n) is 4.60. The first kappa shape index (κ1) is 20.0. The Morgan fingerprint density at radius 2 is 1.52 bits per heavy atom. The first-order valence-electron chi connectivity index (χ1n) is 7.41. The molecule has 1 heterocycles. The van der Waals surface area contributed by atoms with Crippen molar-refractivity contribution in [1.29, 1.82) is 0 Å². The Labute approximate surface area is 152 Å². The van der Waals surface area contributed by atoms with Crippen LogP contribution in [0.2, 0.25) is 0 Å². The van der Waals surface area contributed by atoms with Crippen molar-refractivity contribution >= 4 is 46.0 Å². The van der Waals surface area contributed by atoms with Gasteiger partial charge >= 0.3 is 0 Å². The number of hydrogen-bond donors (Lipinski definition) is 6. The number of hydrogen-bond acceptors (Lipinski definition) is 6. The van der Waals surface area contributed by atoms with Gasteiger partial charge in [-0.1, -0.05) is 0 Å². The Morgan fingerprint density at radius 1 is 0.957 bits per heavy atom. The second-order valence-corrected chi connectivity index (χ2v) is 6.36. The Balaban J connectivity index is 2.07. The molecule has 0 spiro atoms. The summed E-state index contributed by atoms with van der Waals surface area (Å²) in [5.41, 5.74) is 1.07. The third kappa shape index (κ3) is 9.61. The molecule has 0 atom stereocenters. The number of aromatic nitrogens is 1.